The minimum Gasteiger partial charge on any atom is -0.468 e. The summed E-state index contributed by atoms with van der Waals surface area (Å²) in [4.78, 5) is 27.9. The first-order chi connectivity index (χ1) is 10.1. The summed E-state index contributed by atoms with van der Waals surface area (Å²) < 4.78 is 4.56. The molecule has 21 heavy (non-hydrogen) atoms. The molecule has 1 aromatic heterocycles. The van der Waals surface area contributed by atoms with Crippen LogP contribution < -0.4 is 5.32 Å². The molecule has 2 rings (SSSR count). The van der Waals surface area contributed by atoms with Crippen molar-refractivity contribution in [3.05, 3.63) is 21.9 Å². The van der Waals surface area contributed by atoms with Gasteiger partial charge in [0.15, 0.2) is 0 Å². The zero-order chi connectivity index (χ0) is 15.2. The molecule has 0 spiro atoms. The van der Waals surface area contributed by atoms with E-state index in [4.69, 9.17) is 0 Å². The molecule has 0 saturated carbocycles. The van der Waals surface area contributed by atoms with Crippen molar-refractivity contribution in [1.29, 1.82) is 0 Å². The molecule has 0 bridgehead atoms. The Balaban J connectivity index is 2.08. The maximum Gasteiger partial charge on any atom is 0.325 e. The largest absolute Gasteiger partial charge is 0.468 e. The lowest BCUT2D eigenvalue weighted by molar-refractivity contribution is -0.139. The highest BCUT2D eigenvalue weighted by atomic mass is 32.1. The number of likely N-dealkylation sites (tertiary alicyclic amines) is 1. The molecule has 6 heteroatoms. The molecule has 5 nitrogen and oxygen atoms in total. The van der Waals surface area contributed by atoms with Crippen LogP contribution in [0.25, 0.3) is 0 Å². The van der Waals surface area contributed by atoms with Crippen molar-refractivity contribution in [1.82, 2.24) is 10.2 Å². The smallest absolute Gasteiger partial charge is 0.325 e. The van der Waals surface area contributed by atoms with E-state index in [0.717, 1.165) is 32.2 Å². The van der Waals surface area contributed by atoms with Gasteiger partial charge in [0.05, 0.1) is 13.2 Å². The fraction of sp³-hybridized carbons (Fsp3) is 0.600. The summed E-state index contributed by atoms with van der Waals surface area (Å²) in [5, 5.41) is 2.65. The first-order valence-corrected chi connectivity index (χ1v) is 8.11. The van der Waals surface area contributed by atoms with Gasteiger partial charge in [0.1, 0.15) is 6.54 Å². The highest BCUT2D eigenvalue weighted by molar-refractivity contribution is 7.12. The van der Waals surface area contributed by atoms with Crippen molar-refractivity contribution >= 4 is 23.3 Å². The number of hydrogen-bond acceptors (Lipinski definition) is 4. The van der Waals surface area contributed by atoms with Crippen LogP contribution >= 0.6 is 11.3 Å². The monoisotopic (exact) mass is 310 g/mol. The first-order valence-electron chi connectivity index (χ1n) is 7.29. The lowest BCUT2D eigenvalue weighted by atomic mass is 10.1. The Kier molecular flexibility index (Phi) is 5.61. The van der Waals surface area contributed by atoms with Crippen LogP contribution in [0, 0.1) is 6.92 Å². The number of nitrogens with one attached hydrogen (secondary N) is 1. The van der Waals surface area contributed by atoms with E-state index in [-0.39, 0.29) is 18.6 Å². The molecule has 0 radical (unpaired) electrons. The average Bonchev–Trinajstić information content (AvgIpc) is 2.77. The Morgan fingerprint density at radius 3 is 2.86 bits per heavy atom. The number of aryl methyl sites for hydroxylation is 1. The van der Waals surface area contributed by atoms with Crippen molar-refractivity contribution < 1.29 is 14.3 Å². The molecule has 2 heterocycles. The van der Waals surface area contributed by atoms with Gasteiger partial charge in [-0.15, -0.1) is 11.3 Å². The average molecular weight is 310 g/mol. The van der Waals surface area contributed by atoms with E-state index in [1.807, 2.05) is 4.90 Å². The first kappa shape index (κ1) is 15.8. The number of hydrogen-bond donors (Lipinski definition) is 1. The molecular formula is C15H22N2O3S. The summed E-state index contributed by atoms with van der Waals surface area (Å²) in [7, 11) is 1.32. The second kappa shape index (κ2) is 7.45. The van der Waals surface area contributed by atoms with E-state index in [0.29, 0.717) is 0 Å². The number of ether oxygens (including phenoxy) is 1. The third-order valence-electron chi connectivity index (χ3n) is 3.71. The Morgan fingerprint density at radius 1 is 1.38 bits per heavy atom. The summed E-state index contributed by atoms with van der Waals surface area (Å²) in [5.41, 5.74) is 0. The second-order valence-corrected chi connectivity index (χ2v) is 6.56. The summed E-state index contributed by atoms with van der Waals surface area (Å²) >= 11 is 1.74. The lowest BCUT2D eigenvalue weighted by Gasteiger charge is -2.29. The number of rotatable bonds is 3. The van der Waals surface area contributed by atoms with Crippen LogP contribution in [0.2, 0.25) is 0 Å². The van der Waals surface area contributed by atoms with Gasteiger partial charge in [-0.25, -0.2) is 4.79 Å². The van der Waals surface area contributed by atoms with E-state index < -0.39 is 5.97 Å². The molecule has 1 saturated heterocycles. The molecule has 116 valence electrons. The van der Waals surface area contributed by atoms with Crippen molar-refractivity contribution in [2.24, 2.45) is 0 Å². The quantitative estimate of drug-likeness (QED) is 0.873. The number of methoxy groups -OCH3 is 1. The topological polar surface area (TPSA) is 58.6 Å². The number of carbonyl (C=O) groups is 2. The molecule has 2 amide bonds. The Labute approximate surface area is 129 Å². The predicted octanol–water partition coefficient (Wildman–Crippen LogP) is 2.86. The number of esters is 1. The maximum atomic E-state index is 12.4. The number of thiophene rings is 1. The molecule has 1 fully saturated rings. The SMILES string of the molecule is COC(=O)CNC(=O)N1CCCCCC1c1ccc(C)s1. The van der Waals surface area contributed by atoms with Gasteiger partial charge in [-0.05, 0) is 31.9 Å². The van der Waals surface area contributed by atoms with Crippen molar-refractivity contribution in [3.8, 4) is 0 Å². The van der Waals surface area contributed by atoms with Crippen LogP contribution in [0.1, 0.15) is 41.5 Å². The van der Waals surface area contributed by atoms with E-state index in [9.17, 15) is 9.59 Å². The van der Waals surface area contributed by atoms with Crippen LogP contribution in [0.15, 0.2) is 12.1 Å². The van der Waals surface area contributed by atoms with Crippen LogP contribution in [-0.2, 0) is 9.53 Å². The molecule has 1 aromatic rings. The number of amides is 2. The molecule has 1 aliphatic rings. The van der Waals surface area contributed by atoms with E-state index in [2.05, 4.69) is 29.1 Å². The highest BCUT2D eigenvalue weighted by Gasteiger charge is 2.27. The Morgan fingerprint density at radius 2 is 2.19 bits per heavy atom. The lowest BCUT2D eigenvalue weighted by Crippen LogP contribution is -2.43. The van der Waals surface area contributed by atoms with Gasteiger partial charge >= 0.3 is 12.0 Å². The van der Waals surface area contributed by atoms with Gasteiger partial charge in [0.25, 0.3) is 0 Å². The van der Waals surface area contributed by atoms with Gasteiger partial charge in [-0.3, -0.25) is 4.79 Å². The fourth-order valence-electron chi connectivity index (χ4n) is 2.60. The van der Waals surface area contributed by atoms with Gasteiger partial charge in [-0.1, -0.05) is 12.8 Å². The highest BCUT2D eigenvalue weighted by Crippen LogP contribution is 2.34. The molecule has 1 atom stereocenters. The third kappa shape index (κ3) is 4.20. The standard InChI is InChI=1S/C15H22N2O3S/c1-11-7-8-13(21-11)12-6-4-3-5-9-17(12)15(19)16-10-14(18)20-2/h7-8,12H,3-6,9-10H2,1-2H3,(H,16,19). The predicted molar refractivity (Wildman–Crippen MR) is 82.4 cm³/mol. The number of urea groups is 1. The molecule has 0 aliphatic carbocycles. The van der Waals surface area contributed by atoms with Crippen molar-refractivity contribution in [2.75, 3.05) is 20.2 Å². The minimum absolute atomic E-state index is 0.0813. The molecular weight excluding hydrogens is 288 g/mol. The minimum atomic E-state index is -0.429. The third-order valence-corrected chi connectivity index (χ3v) is 4.82. The van der Waals surface area contributed by atoms with Crippen LogP contribution in [0.3, 0.4) is 0 Å². The van der Waals surface area contributed by atoms with Gasteiger partial charge in [0, 0.05) is 16.3 Å². The summed E-state index contributed by atoms with van der Waals surface area (Å²) in [6, 6.07) is 4.13. The zero-order valence-corrected chi connectivity index (χ0v) is 13.4. The summed E-state index contributed by atoms with van der Waals surface area (Å²) in [6.45, 7) is 2.73. The molecule has 0 aromatic carbocycles. The van der Waals surface area contributed by atoms with E-state index in [1.54, 1.807) is 11.3 Å². The van der Waals surface area contributed by atoms with Crippen LogP contribution in [0.5, 0.6) is 0 Å². The van der Waals surface area contributed by atoms with Gasteiger partial charge < -0.3 is 15.0 Å². The Bertz CT molecular complexity index is 501. The summed E-state index contributed by atoms with van der Waals surface area (Å²) in [6.07, 6.45) is 4.25. The normalized spacial score (nSPS) is 19.0. The fourth-order valence-corrected chi connectivity index (χ4v) is 3.63. The number of nitrogens with zero attached hydrogens (tertiary/aromatic N) is 1. The zero-order valence-electron chi connectivity index (χ0n) is 12.6. The van der Waals surface area contributed by atoms with Crippen LogP contribution in [0.4, 0.5) is 4.79 Å². The molecule has 1 unspecified atom stereocenters. The van der Waals surface area contributed by atoms with Gasteiger partial charge in [0.2, 0.25) is 0 Å². The number of carbonyl (C=O) groups excluding carboxylic acids is 2. The van der Waals surface area contributed by atoms with E-state index in [1.165, 1.54) is 16.9 Å². The van der Waals surface area contributed by atoms with Crippen molar-refractivity contribution in [3.63, 3.8) is 0 Å². The van der Waals surface area contributed by atoms with E-state index >= 15 is 0 Å². The summed E-state index contributed by atoms with van der Waals surface area (Å²) in [5.74, 6) is -0.429. The van der Waals surface area contributed by atoms with Crippen LogP contribution in [-0.4, -0.2) is 37.1 Å². The second-order valence-electron chi connectivity index (χ2n) is 5.24. The van der Waals surface area contributed by atoms with Crippen molar-refractivity contribution in [2.45, 2.75) is 38.6 Å². The molecule has 1 aliphatic heterocycles. The van der Waals surface area contributed by atoms with Gasteiger partial charge in [-0.2, -0.15) is 0 Å². The molecule has 1 N–H and O–H groups in total. The maximum absolute atomic E-state index is 12.4. The Hall–Kier alpha value is -1.56.